The van der Waals surface area contributed by atoms with Gasteiger partial charge in [-0.15, -0.1) is 0 Å². The largest absolute Gasteiger partial charge is 0.377 e. The summed E-state index contributed by atoms with van der Waals surface area (Å²) in [4.78, 5) is -1.17. The predicted molar refractivity (Wildman–Crippen MR) is 70.3 cm³/mol. The van der Waals surface area contributed by atoms with Crippen molar-refractivity contribution in [1.82, 2.24) is 0 Å². The van der Waals surface area contributed by atoms with Crippen LogP contribution in [0.3, 0.4) is 0 Å². The zero-order valence-corrected chi connectivity index (χ0v) is 12.1. The summed E-state index contributed by atoms with van der Waals surface area (Å²) in [6, 6.07) is 5.46. The lowest BCUT2D eigenvalue weighted by molar-refractivity contribution is 0.460. The summed E-state index contributed by atoms with van der Waals surface area (Å²) in [7, 11) is -4.77. The van der Waals surface area contributed by atoms with Gasteiger partial charge in [0, 0.05) is 12.1 Å². The van der Waals surface area contributed by atoms with Crippen LogP contribution in [0.2, 0.25) is 5.02 Å². The van der Waals surface area contributed by atoms with E-state index in [0.717, 1.165) is 12.1 Å². The number of rotatable bonds is 3. The molecule has 0 bridgehead atoms. The van der Waals surface area contributed by atoms with Crippen molar-refractivity contribution in [3.8, 4) is 11.8 Å². The van der Waals surface area contributed by atoms with Crippen molar-refractivity contribution in [1.29, 1.82) is 5.26 Å². The van der Waals surface area contributed by atoms with Gasteiger partial charge >= 0.3 is 10.1 Å². The van der Waals surface area contributed by atoms with E-state index in [4.69, 9.17) is 16.9 Å². The second-order valence-electron chi connectivity index (χ2n) is 3.99. The first-order valence-electron chi connectivity index (χ1n) is 5.53. The van der Waals surface area contributed by atoms with Crippen molar-refractivity contribution in [2.24, 2.45) is 0 Å². The Hall–Kier alpha value is -2.24. The highest BCUT2D eigenvalue weighted by Gasteiger charge is 2.25. The van der Waals surface area contributed by atoms with Gasteiger partial charge in [-0.25, -0.2) is 13.2 Å². The van der Waals surface area contributed by atoms with Gasteiger partial charge in [0.25, 0.3) is 0 Å². The van der Waals surface area contributed by atoms with E-state index < -0.39 is 32.5 Å². The zero-order valence-electron chi connectivity index (χ0n) is 10.5. The fraction of sp³-hybridized carbons (Fsp3) is 0. The van der Waals surface area contributed by atoms with E-state index in [1.165, 1.54) is 6.07 Å². The summed E-state index contributed by atoms with van der Waals surface area (Å²) in [5.41, 5.74) is 0.147. The summed E-state index contributed by atoms with van der Waals surface area (Å²) in [6.45, 7) is 0. The Kier molecular flexibility index (Phi) is 4.30. The lowest BCUT2D eigenvalue weighted by atomic mass is 10.2. The third-order valence-corrected chi connectivity index (χ3v) is 4.05. The van der Waals surface area contributed by atoms with Crippen LogP contribution in [0.5, 0.6) is 5.75 Å². The molecule has 0 spiro atoms. The third kappa shape index (κ3) is 3.16. The third-order valence-electron chi connectivity index (χ3n) is 2.50. The molecule has 0 aliphatic rings. The second kappa shape index (κ2) is 5.87. The van der Waals surface area contributed by atoms with Crippen LogP contribution in [0.15, 0.2) is 35.2 Å². The van der Waals surface area contributed by atoms with Gasteiger partial charge in [-0.05, 0) is 18.2 Å². The van der Waals surface area contributed by atoms with E-state index in [1.54, 1.807) is 6.07 Å². The SMILES string of the molecule is N#Cc1ccc(OS(=O)(=O)c2cc(F)c(F)cc2F)c(Cl)c1. The van der Waals surface area contributed by atoms with E-state index in [1.807, 2.05) is 0 Å². The highest BCUT2D eigenvalue weighted by Crippen LogP contribution is 2.29. The number of nitriles is 1. The normalized spacial score (nSPS) is 11.0. The van der Waals surface area contributed by atoms with Crippen molar-refractivity contribution in [3.63, 3.8) is 0 Å². The smallest absolute Gasteiger partial charge is 0.342 e. The summed E-state index contributed by atoms with van der Waals surface area (Å²) >= 11 is 5.73. The highest BCUT2D eigenvalue weighted by molar-refractivity contribution is 7.87. The van der Waals surface area contributed by atoms with Gasteiger partial charge in [0.2, 0.25) is 0 Å². The molecule has 0 aromatic heterocycles. The molecular weight excluding hydrogens is 343 g/mol. The van der Waals surface area contributed by atoms with Gasteiger partial charge in [-0.1, -0.05) is 11.6 Å². The molecule has 2 rings (SSSR count). The first kappa shape index (κ1) is 16.1. The minimum absolute atomic E-state index is 0.0892. The van der Waals surface area contributed by atoms with Crippen LogP contribution in [0.1, 0.15) is 5.56 Å². The summed E-state index contributed by atoms with van der Waals surface area (Å²) in [6.07, 6.45) is 0. The van der Waals surface area contributed by atoms with Gasteiger partial charge < -0.3 is 4.18 Å². The first-order valence-corrected chi connectivity index (χ1v) is 7.32. The van der Waals surface area contributed by atoms with E-state index in [0.29, 0.717) is 0 Å². The molecule has 0 radical (unpaired) electrons. The Morgan fingerprint density at radius 3 is 2.27 bits per heavy atom. The van der Waals surface area contributed by atoms with Crippen LogP contribution < -0.4 is 4.18 Å². The molecule has 9 heteroatoms. The van der Waals surface area contributed by atoms with Gasteiger partial charge in [0.05, 0.1) is 16.7 Å². The predicted octanol–water partition coefficient (Wildman–Crippen LogP) is 3.40. The Morgan fingerprint density at radius 2 is 1.68 bits per heavy atom. The number of hydrogen-bond donors (Lipinski definition) is 0. The summed E-state index contributed by atoms with van der Waals surface area (Å²) in [5, 5.41) is 8.44. The molecule has 2 aromatic rings. The molecule has 0 aliphatic heterocycles. The molecule has 22 heavy (non-hydrogen) atoms. The molecule has 0 aliphatic carbocycles. The van der Waals surface area contributed by atoms with Crippen LogP contribution in [0.25, 0.3) is 0 Å². The summed E-state index contributed by atoms with van der Waals surface area (Å²) in [5.74, 6) is -4.98. The maximum Gasteiger partial charge on any atom is 0.342 e. The molecule has 0 unspecified atom stereocenters. The summed E-state index contributed by atoms with van der Waals surface area (Å²) < 4.78 is 67.8. The second-order valence-corrected chi connectivity index (χ2v) is 5.91. The van der Waals surface area contributed by atoms with E-state index in [-0.39, 0.29) is 28.5 Å². The molecule has 2 aromatic carbocycles. The van der Waals surface area contributed by atoms with Crippen LogP contribution in [0.4, 0.5) is 13.2 Å². The van der Waals surface area contributed by atoms with Crippen LogP contribution in [-0.2, 0) is 10.1 Å². The van der Waals surface area contributed by atoms with Crippen molar-refractivity contribution in [2.45, 2.75) is 4.90 Å². The lowest BCUT2D eigenvalue weighted by Gasteiger charge is -2.09. The van der Waals surface area contributed by atoms with E-state index in [2.05, 4.69) is 4.18 Å². The molecule has 0 atom stereocenters. The maximum atomic E-state index is 13.5. The fourth-order valence-electron chi connectivity index (χ4n) is 1.50. The monoisotopic (exact) mass is 347 g/mol. The van der Waals surface area contributed by atoms with Gasteiger partial charge in [0.1, 0.15) is 10.7 Å². The Balaban J connectivity index is 2.45. The molecule has 0 N–H and O–H groups in total. The average Bonchev–Trinajstić information content (AvgIpc) is 2.44. The molecule has 0 amide bonds. The number of hydrogen-bond acceptors (Lipinski definition) is 4. The standard InChI is InChI=1S/C13H5ClF3NO3S/c14-8-3-7(6-18)1-2-12(8)21-22(19,20)13-5-10(16)9(15)4-11(13)17/h1-5H. The molecule has 0 saturated carbocycles. The lowest BCUT2D eigenvalue weighted by Crippen LogP contribution is -2.13. The molecule has 4 nitrogen and oxygen atoms in total. The zero-order chi connectivity index (χ0) is 16.5. The van der Waals surface area contributed by atoms with Crippen molar-refractivity contribution in [3.05, 3.63) is 58.4 Å². The number of benzene rings is 2. The van der Waals surface area contributed by atoms with Gasteiger partial charge in [-0.2, -0.15) is 13.7 Å². The average molecular weight is 348 g/mol. The van der Waals surface area contributed by atoms with E-state index >= 15 is 0 Å². The van der Waals surface area contributed by atoms with Crippen molar-refractivity contribution < 1.29 is 25.8 Å². The Morgan fingerprint density at radius 1 is 1.05 bits per heavy atom. The quantitative estimate of drug-likeness (QED) is 0.630. The first-order chi connectivity index (χ1) is 10.2. The highest BCUT2D eigenvalue weighted by atomic mass is 35.5. The number of halogens is 4. The van der Waals surface area contributed by atoms with Crippen LogP contribution in [-0.4, -0.2) is 8.42 Å². The minimum Gasteiger partial charge on any atom is -0.377 e. The Labute approximate surface area is 128 Å². The molecule has 0 fully saturated rings. The van der Waals surface area contributed by atoms with Crippen molar-refractivity contribution in [2.75, 3.05) is 0 Å². The number of nitrogens with zero attached hydrogens (tertiary/aromatic N) is 1. The maximum absolute atomic E-state index is 13.5. The Bertz CT molecular complexity index is 894. The van der Waals surface area contributed by atoms with Gasteiger partial charge in [0.15, 0.2) is 17.4 Å². The van der Waals surface area contributed by atoms with Gasteiger partial charge in [-0.3, -0.25) is 0 Å². The van der Waals surface area contributed by atoms with Crippen molar-refractivity contribution >= 4 is 21.7 Å². The molecule has 0 heterocycles. The molecule has 0 saturated heterocycles. The van der Waals surface area contributed by atoms with Crippen LogP contribution in [0, 0.1) is 28.8 Å². The molecule has 114 valence electrons. The molecular formula is C13H5ClF3NO3S. The van der Waals surface area contributed by atoms with E-state index in [9.17, 15) is 21.6 Å². The topological polar surface area (TPSA) is 67.2 Å². The van der Waals surface area contributed by atoms with Crippen LogP contribution >= 0.6 is 11.6 Å². The fourth-order valence-corrected chi connectivity index (χ4v) is 2.78. The minimum atomic E-state index is -4.77.